The highest BCUT2D eigenvalue weighted by molar-refractivity contribution is 7.89. The Morgan fingerprint density at radius 1 is 1.61 bits per heavy atom. The zero-order valence-corrected chi connectivity index (χ0v) is 11.1. The van der Waals surface area contributed by atoms with Crippen molar-refractivity contribution in [3.63, 3.8) is 0 Å². The van der Waals surface area contributed by atoms with Crippen molar-refractivity contribution in [2.45, 2.75) is 24.3 Å². The molecule has 4 nitrogen and oxygen atoms in total. The predicted molar refractivity (Wildman–Crippen MR) is 69.1 cm³/mol. The molecule has 1 aromatic rings. The molecule has 18 heavy (non-hydrogen) atoms. The number of anilines is 1. The maximum atomic E-state index is 13.7. The normalized spacial score (nSPS) is 13.0. The molecular weight excluding hydrogens is 279 g/mol. The van der Waals surface area contributed by atoms with Crippen molar-refractivity contribution in [3.05, 3.63) is 23.0 Å². The lowest BCUT2D eigenvalue weighted by atomic mass is 10.3. The van der Waals surface area contributed by atoms with Crippen LogP contribution in [0.5, 0.6) is 0 Å². The van der Waals surface area contributed by atoms with Gasteiger partial charge in [-0.2, -0.15) is 0 Å². The molecule has 0 fully saturated rings. The van der Waals surface area contributed by atoms with Gasteiger partial charge in [0.1, 0.15) is 4.90 Å². The number of terminal acetylenes is 1. The summed E-state index contributed by atoms with van der Waals surface area (Å²) in [7, 11) is -4.04. The van der Waals surface area contributed by atoms with E-state index in [1.165, 1.54) is 0 Å². The number of nitrogens with two attached hydrogens (primary N) is 1. The summed E-state index contributed by atoms with van der Waals surface area (Å²) in [5.41, 5.74) is 5.50. The SMILES string of the molecule is C#CCC(C)NS(=O)(=O)c1cc(N)cc(Cl)c1F. The third-order valence-electron chi connectivity index (χ3n) is 2.09. The molecule has 1 aromatic carbocycles. The number of benzene rings is 1. The molecule has 0 saturated carbocycles. The number of sulfonamides is 1. The fourth-order valence-electron chi connectivity index (χ4n) is 1.33. The van der Waals surface area contributed by atoms with E-state index in [1.54, 1.807) is 6.92 Å². The smallest absolute Gasteiger partial charge is 0.243 e. The van der Waals surface area contributed by atoms with E-state index >= 15 is 0 Å². The maximum absolute atomic E-state index is 13.7. The standard InChI is InChI=1S/C11H12ClFN2O2S/c1-3-4-7(2)15-18(16,17)10-6-8(14)5-9(12)11(10)13/h1,5-7,15H,4,14H2,2H3. The Morgan fingerprint density at radius 3 is 2.78 bits per heavy atom. The Labute approximate surface area is 110 Å². The molecule has 0 bridgehead atoms. The van der Waals surface area contributed by atoms with Gasteiger partial charge in [-0.15, -0.1) is 12.3 Å². The Morgan fingerprint density at radius 2 is 2.22 bits per heavy atom. The van der Waals surface area contributed by atoms with Crippen molar-refractivity contribution in [2.24, 2.45) is 0 Å². The Hall–Kier alpha value is -1.29. The minimum absolute atomic E-state index is 0.0615. The van der Waals surface area contributed by atoms with Crippen LogP contribution in [-0.4, -0.2) is 14.5 Å². The van der Waals surface area contributed by atoms with Crippen LogP contribution >= 0.6 is 11.6 Å². The highest BCUT2D eigenvalue weighted by Crippen LogP contribution is 2.25. The number of hydrogen-bond acceptors (Lipinski definition) is 3. The lowest BCUT2D eigenvalue weighted by Crippen LogP contribution is -2.32. The largest absolute Gasteiger partial charge is 0.399 e. The fourth-order valence-corrected chi connectivity index (χ4v) is 2.99. The lowest BCUT2D eigenvalue weighted by Gasteiger charge is -2.13. The number of halogens is 2. The van der Waals surface area contributed by atoms with Gasteiger partial charge in [0, 0.05) is 18.2 Å². The molecule has 0 radical (unpaired) electrons. The summed E-state index contributed by atoms with van der Waals surface area (Å²) in [6.45, 7) is 1.57. The molecule has 0 aliphatic heterocycles. The molecule has 7 heteroatoms. The van der Waals surface area contributed by atoms with Crippen LogP contribution in [0.2, 0.25) is 5.02 Å². The molecule has 98 valence electrons. The van der Waals surface area contributed by atoms with E-state index in [4.69, 9.17) is 23.8 Å². The molecule has 1 rings (SSSR count). The number of rotatable bonds is 4. The van der Waals surface area contributed by atoms with Crippen molar-refractivity contribution in [2.75, 3.05) is 5.73 Å². The second-order valence-electron chi connectivity index (χ2n) is 3.75. The molecule has 0 aliphatic rings. The molecule has 1 atom stereocenters. The first-order chi connectivity index (χ1) is 8.27. The first-order valence-electron chi connectivity index (χ1n) is 4.98. The summed E-state index contributed by atoms with van der Waals surface area (Å²) in [5, 5.41) is -0.347. The minimum atomic E-state index is -4.04. The molecule has 1 unspecified atom stereocenters. The van der Waals surface area contributed by atoms with Gasteiger partial charge < -0.3 is 5.73 Å². The van der Waals surface area contributed by atoms with Crippen LogP contribution in [-0.2, 0) is 10.0 Å². The molecular formula is C11H12ClFN2O2S. The highest BCUT2D eigenvalue weighted by Gasteiger charge is 2.23. The second kappa shape index (κ2) is 5.57. The van der Waals surface area contributed by atoms with E-state index < -0.39 is 26.8 Å². The fraction of sp³-hybridized carbons (Fsp3) is 0.273. The molecule has 0 amide bonds. The van der Waals surface area contributed by atoms with Gasteiger partial charge in [0.15, 0.2) is 5.82 Å². The van der Waals surface area contributed by atoms with E-state index in [0.29, 0.717) is 0 Å². The summed E-state index contributed by atoms with van der Waals surface area (Å²) >= 11 is 5.54. The first-order valence-corrected chi connectivity index (χ1v) is 6.84. The van der Waals surface area contributed by atoms with Crippen molar-refractivity contribution >= 4 is 27.3 Å². The quantitative estimate of drug-likeness (QED) is 0.655. The van der Waals surface area contributed by atoms with Crippen molar-refractivity contribution in [3.8, 4) is 12.3 Å². The van der Waals surface area contributed by atoms with Gasteiger partial charge in [-0.1, -0.05) is 11.6 Å². The maximum Gasteiger partial charge on any atom is 0.243 e. The second-order valence-corrected chi connectivity index (χ2v) is 5.84. The average molecular weight is 291 g/mol. The summed E-state index contributed by atoms with van der Waals surface area (Å²) in [6, 6.07) is 1.63. The summed E-state index contributed by atoms with van der Waals surface area (Å²) in [4.78, 5) is -0.587. The van der Waals surface area contributed by atoms with Gasteiger partial charge in [0.25, 0.3) is 0 Å². The van der Waals surface area contributed by atoms with Crippen LogP contribution in [0.4, 0.5) is 10.1 Å². The summed E-state index contributed by atoms with van der Waals surface area (Å²) < 4.78 is 39.7. The third-order valence-corrected chi connectivity index (χ3v) is 3.95. The van der Waals surface area contributed by atoms with Gasteiger partial charge in [-0.25, -0.2) is 17.5 Å². The van der Waals surface area contributed by atoms with Gasteiger partial charge in [0.05, 0.1) is 5.02 Å². The zero-order chi connectivity index (χ0) is 13.9. The lowest BCUT2D eigenvalue weighted by molar-refractivity contribution is 0.545. The Balaban J connectivity index is 3.18. The van der Waals surface area contributed by atoms with E-state index in [-0.39, 0.29) is 17.1 Å². The molecule has 0 heterocycles. The predicted octanol–water partition coefficient (Wildman–Crippen LogP) is 1.75. The van der Waals surface area contributed by atoms with Crippen LogP contribution in [0.1, 0.15) is 13.3 Å². The van der Waals surface area contributed by atoms with E-state index in [0.717, 1.165) is 12.1 Å². The highest BCUT2D eigenvalue weighted by atomic mass is 35.5. The van der Waals surface area contributed by atoms with E-state index in [9.17, 15) is 12.8 Å². The number of nitrogen functional groups attached to an aromatic ring is 1. The minimum Gasteiger partial charge on any atom is -0.399 e. The zero-order valence-electron chi connectivity index (χ0n) is 9.57. The Bertz CT molecular complexity index is 596. The van der Waals surface area contributed by atoms with E-state index in [1.807, 2.05) is 0 Å². The summed E-state index contributed by atoms with van der Waals surface area (Å²) in [6.07, 6.45) is 5.26. The van der Waals surface area contributed by atoms with Crippen LogP contribution in [0, 0.1) is 18.2 Å². The van der Waals surface area contributed by atoms with Crippen molar-refractivity contribution < 1.29 is 12.8 Å². The first kappa shape index (κ1) is 14.8. The number of hydrogen-bond donors (Lipinski definition) is 2. The molecule has 3 N–H and O–H groups in total. The van der Waals surface area contributed by atoms with Crippen molar-refractivity contribution in [1.29, 1.82) is 0 Å². The van der Waals surface area contributed by atoms with Gasteiger partial charge >= 0.3 is 0 Å². The van der Waals surface area contributed by atoms with E-state index in [2.05, 4.69) is 10.6 Å². The monoisotopic (exact) mass is 290 g/mol. The van der Waals surface area contributed by atoms with Crippen LogP contribution in [0.15, 0.2) is 17.0 Å². The van der Waals surface area contributed by atoms with Crippen LogP contribution < -0.4 is 10.5 Å². The molecule has 0 aliphatic carbocycles. The average Bonchev–Trinajstić information content (AvgIpc) is 2.22. The van der Waals surface area contributed by atoms with Gasteiger partial charge in [-0.3, -0.25) is 0 Å². The molecule has 0 saturated heterocycles. The Kier molecular flexibility index (Phi) is 4.57. The van der Waals surface area contributed by atoms with Crippen molar-refractivity contribution in [1.82, 2.24) is 4.72 Å². The van der Waals surface area contributed by atoms with Gasteiger partial charge in [-0.05, 0) is 19.1 Å². The molecule has 0 aromatic heterocycles. The number of nitrogens with one attached hydrogen (secondary N) is 1. The molecule has 0 spiro atoms. The van der Waals surface area contributed by atoms with Gasteiger partial charge in [0.2, 0.25) is 10.0 Å². The van der Waals surface area contributed by atoms with Crippen LogP contribution in [0.25, 0.3) is 0 Å². The topological polar surface area (TPSA) is 72.2 Å². The van der Waals surface area contributed by atoms with Crippen LogP contribution in [0.3, 0.4) is 0 Å². The third kappa shape index (κ3) is 3.35. The summed E-state index contributed by atoms with van der Waals surface area (Å²) in [5.74, 6) is 1.27.